The van der Waals surface area contributed by atoms with Gasteiger partial charge in [-0.3, -0.25) is 14.6 Å². The third-order valence-corrected chi connectivity index (χ3v) is 4.77. The van der Waals surface area contributed by atoms with Crippen LogP contribution in [0, 0.1) is 5.92 Å². The lowest BCUT2D eigenvalue weighted by atomic mass is 9.97. The monoisotopic (exact) mass is 335 g/mol. The molecule has 24 heavy (non-hydrogen) atoms. The summed E-state index contributed by atoms with van der Waals surface area (Å²) in [6.07, 6.45) is 2.17. The van der Waals surface area contributed by atoms with Crippen LogP contribution in [0.4, 0.5) is 8.78 Å². The number of nitrogens with two attached hydrogens (primary N) is 1. The zero-order valence-electron chi connectivity index (χ0n) is 13.1. The number of alkyl halides is 2. The number of carbonyl (C=O) groups is 1. The van der Waals surface area contributed by atoms with Crippen molar-refractivity contribution in [2.45, 2.75) is 44.4 Å². The Hall–Kier alpha value is -2.31. The number of fused-ring (bicyclic) bond motifs is 1. The Morgan fingerprint density at radius 2 is 2.21 bits per heavy atom. The molecule has 2 atom stereocenters. The van der Waals surface area contributed by atoms with Crippen LogP contribution in [0.5, 0.6) is 0 Å². The van der Waals surface area contributed by atoms with Gasteiger partial charge in [0.15, 0.2) is 5.43 Å². The quantitative estimate of drug-likeness (QED) is 0.880. The summed E-state index contributed by atoms with van der Waals surface area (Å²) in [5.41, 5.74) is 6.25. The lowest BCUT2D eigenvalue weighted by Gasteiger charge is -2.13. The lowest BCUT2D eigenvalue weighted by Crippen LogP contribution is -2.18. The standard InChI is InChI=1S/C17H19F2N3O2/c18-14(19)4-2-9-1-3-10(7-9)12-8-13(23)15-11(22-12)5-6-21-16(15)17(20)24/h5-6,8-10,14H,1-4,7H2,(H2,20,24)(H,22,23). The fraction of sp³-hybridized carbons (Fsp3) is 0.471. The molecule has 0 saturated heterocycles. The van der Waals surface area contributed by atoms with E-state index in [1.54, 1.807) is 6.07 Å². The Kier molecular flexibility index (Phi) is 4.59. The van der Waals surface area contributed by atoms with Gasteiger partial charge in [-0.2, -0.15) is 0 Å². The van der Waals surface area contributed by atoms with Crippen molar-refractivity contribution in [3.05, 3.63) is 39.9 Å². The number of hydrogen-bond donors (Lipinski definition) is 2. The van der Waals surface area contributed by atoms with E-state index in [-0.39, 0.29) is 34.8 Å². The minimum atomic E-state index is -2.26. The van der Waals surface area contributed by atoms with Gasteiger partial charge in [-0.1, -0.05) is 0 Å². The molecule has 0 aliphatic heterocycles. The highest BCUT2D eigenvalue weighted by atomic mass is 19.3. The van der Waals surface area contributed by atoms with E-state index in [9.17, 15) is 18.4 Å². The summed E-state index contributed by atoms with van der Waals surface area (Å²) >= 11 is 0. The van der Waals surface area contributed by atoms with Gasteiger partial charge in [0.05, 0.1) is 10.9 Å². The third kappa shape index (κ3) is 3.29. The fourth-order valence-electron chi connectivity index (χ4n) is 3.61. The van der Waals surface area contributed by atoms with Crippen LogP contribution >= 0.6 is 0 Å². The van der Waals surface area contributed by atoms with Crippen LogP contribution in [-0.4, -0.2) is 22.3 Å². The SMILES string of the molecule is NC(=O)c1nccc2[nH]c(C3CCC(CCC(F)F)C3)cc(=O)c12. The molecular formula is C17H19F2N3O2. The van der Waals surface area contributed by atoms with Crippen LogP contribution in [0.2, 0.25) is 0 Å². The number of halogens is 2. The van der Waals surface area contributed by atoms with Crippen LogP contribution in [0.15, 0.2) is 23.1 Å². The highest BCUT2D eigenvalue weighted by Crippen LogP contribution is 2.40. The van der Waals surface area contributed by atoms with Gasteiger partial charge in [-0.25, -0.2) is 8.78 Å². The zero-order valence-corrected chi connectivity index (χ0v) is 13.1. The number of amides is 1. The van der Waals surface area contributed by atoms with Crippen molar-refractivity contribution >= 4 is 16.8 Å². The number of primary amides is 1. The second-order valence-corrected chi connectivity index (χ2v) is 6.38. The Morgan fingerprint density at radius 1 is 1.42 bits per heavy atom. The summed E-state index contributed by atoms with van der Waals surface area (Å²) in [7, 11) is 0. The lowest BCUT2D eigenvalue weighted by molar-refractivity contribution is 0.0997. The highest BCUT2D eigenvalue weighted by molar-refractivity contribution is 6.03. The van der Waals surface area contributed by atoms with Crippen molar-refractivity contribution in [2.24, 2.45) is 11.7 Å². The van der Waals surface area contributed by atoms with Crippen LogP contribution in [0.25, 0.3) is 10.9 Å². The molecule has 2 aromatic heterocycles. The Morgan fingerprint density at radius 3 is 2.92 bits per heavy atom. The molecule has 0 bridgehead atoms. The number of aromatic amines is 1. The maximum atomic E-state index is 12.4. The van der Waals surface area contributed by atoms with Gasteiger partial charge in [0.2, 0.25) is 6.43 Å². The van der Waals surface area contributed by atoms with Crippen LogP contribution in [-0.2, 0) is 0 Å². The first kappa shape index (κ1) is 16.5. The number of rotatable bonds is 5. The van der Waals surface area contributed by atoms with E-state index < -0.39 is 12.3 Å². The number of nitrogens with one attached hydrogen (secondary N) is 1. The fourth-order valence-corrected chi connectivity index (χ4v) is 3.61. The van der Waals surface area contributed by atoms with E-state index in [0.717, 1.165) is 25.0 Å². The molecule has 1 fully saturated rings. The number of hydrogen-bond acceptors (Lipinski definition) is 3. The van der Waals surface area contributed by atoms with E-state index in [1.165, 1.54) is 12.3 Å². The number of H-pyrrole nitrogens is 1. The topological polar surface area (TPSA) is 88.8 Å². The molecular weight excluding hydrogens is 316 g/mol. The van der Waals surface area contributed by atoms with Crippen molar-refractivity contribution in [1.29, 1.82) is 0 Å². The minimum absolute atomic E-state index is 0.0402. The summed E-state index contributed by atoms with van der Waals surface area (Å²) in [4.78, 5) is 30.9. The third-order valence-electron chi connectivity index (χ3n) is 4.77. The van der Waals surface area contributed by atoms with Gasteiger partial charge in [-0.15, -0.1) is 0 Å². The first-order valence-corrected chi connectivity index (χ1v) is 8.05. The van der Waals surface area contributed by atoms with Gasteiger partial charge >= 0.3 is 0 Å². The average molecular weight is 335 g/mol. The Balaban J connectivity index is 1.87. The van der Waals surface area contributed by atoms with Crippen molar-refractivity contribution in [2.75, 3.05) is 0 Å². The summed E-state index contributed by atoms with van der Waals surface area (Å²) in [5.74, 6) is -0.330. The summed E-state index contributed by atoms with van der Waals surface area (Å²) in [6, 6.07) is 3.12. The molecule has 5 nitrogen and oxygen atoms in total. The van der Waals surface area contributed by atoms with E-state index in [2.05, 4.69) is 9.97 Å². The second-order valence-electron chi connectivity index (χ2n) is 6.38. The Bertz CT molecular complexity index is 819. The molecule has 3 rings (SSSR count). The van der Waals surface area contributed by atoms with E-state index in [1.807, 2.05) is 0 Å². The van der Waals surface area contributed by atoms with Crippen molar-refractivity contribution in [3.63, 3.8) is 0 Å². The maximum Gasteiger partial charge on any atom is 0.268 e. The molecule has 128 valence electrons. The van der Waals surface area contributed by atoms with Gasteiger partial charge in [0, 0.05) is 24.4 Å². The van der Waals surface area contributed by atoms with E-state index in [4.69, 9.17) is 5.73 Å². The van der Waals surface area contributed by atoms with Crippen molar-refractivity contribution in [3.8, 4) is 0 Å². The molecule has 0 aromatic carbocycles. The molecule has 2 heterocycles. The van der Waals surface area contributed by atoms with Crippen molar-refractivity contribution in [1.82, 2.24) is 9.97 Å². The van der Waals surface area contributed by atoms with Gasteiger partial charge in [0.25, 0.3) is 5.91 Å². The van der Waals surface area contributed by atoms with Gasteiger partial charge in [-0.05, 0) is 43.6 Å². The normalized spacial score (nSPS) is 20.8. The zero-order chi connectivity index (χ0) is 17.3. The minimum Gasteiger partial charge on any atom is -0.364 e. The van der Waals surface area contributed by atoms with E-state index >= 15 is 0 Å². The smallest absolute Gasteiger partial charge is 0.268 e. The molecule has 0 spiro atoms. The van der Waals surface area contributed by atoms with Crippen LogP contribution in [0.1, 0.15) is 54.2 Å². The summed E-state index contributed by atoms with van der Waals surface area (Å²) < 4.78 is 24.7. The van der Waals surface area contributed by atoms with Crippen LogP contribution in [0.3, 0.4) is 0 Å². The predicted molar refractivity (Wildman–Crippen MR) is 86.2 cm³/mol. The summed E-state index contributed by atoms with van der Waals surface area (Å²) in [6.45, 7) is 0. The molecule has 2 unspecified atom stereocenters. The number of aromatic nitrogens is 2. The number of carbonyl (C=O) groups excluding carboxylic acids is 1. The van der Waals surface area contributed by atoms with Gasteiger partial charge < -0.3 is 10.7 Å². The Labute approximate surface area is 137 Å². The van der Waals surface area contributed by atoms with Gasteiger partial charge in [0.1, 0.15) is 5.69 Å². The molecule has 0 radical (unpaired) electrons. The molecule has 1 saturated carbocycles. The molecule has 1 aliphatic carbocycles. The molecule has 7 heteroatoms. The van der Waals surface area contributed by atoms with E-state index in [0.29, 0.717) is 11.9 Å². The number of nitrogens with zero attached hydrogens (tertiary/aromatic N) is 1. The average Bonchev–Trinajstić information content (AvgIpc) is 3.01. The predicted octanol–water partition coefficient (Wildman–Crippen LogP) is 2.95. The molecule has 1 amide bonds. The summed E-state index contributed by atoms with van der Waals surface area (Å²) in [5, 5.41) is 0.195. The largest absolute Gasteiger partial charge is 0.364 e. The van der Waals surface area contributed by atoms with Crippen LogP contribution < -0.4 is 11.2 Å². The maximum absolute atomic E-state index is 12.4. The number of pyridine rings is 2. The molecule has 2 aromatic rings. The highest BCUT2D eigenvalue weighted by Gasteiger charge is 2.27. The first-order valence-electron chi connectivity index (χ1n) is 8.05. The first-order chi connectivity index (χ1) is 11.5. The second kappa shape index (κ2) is 6.67. The van der Waals surface area contributed by atoms with Crippen molar-refractivity contribution < 1.29 is 13.6 Å². The molecule has 3 N–H and O–H groups in total. The molecule has 1 aliphatic rings.